The van der Waals surface area contributed by atoms with E-state index in [0.29, 0.717) is 23.0 Å². The van der Waals surface area contributed by atoms with Gasteiger partial charge in [0.2, 0.25) is 5.91 Å². The SMILES string of the molecule is CC(NC(=O)c1ccc(Cl)cc1)C(=O)NCCC1CCNC1. The van der Waals surface area contributed by atoms with Crippen molar-refractivity contribution >= 4 is 23.4 Å². The van der Waals surface area contributed by atoms with Crippen molar-refractivity contribution in [1.29, 1.82) is 0 Å². The number of hydrogen-bond acceptors (Lipinski definition) is 3. The lowest BCUT2D eigenvalue weighted by Gasteiger charge is -2.15. The van der Waals surface area contributed by atoms with Crippen molar-refractivity contribution in [3.05, 3.63) is 34.9 Å². The van der Waals surface area contributed by atoms with Crippen LogP contribution >= 0.6 is 11.6 Å². The maximum atomic E-state index is 12.0. The molecule has 1 heterocycles. The molecule has 6 heteroatoms. The average Bonchev–Trinajstić information content (AvgIpc) is 3.01. The Morgan fingerprint density at radius 2 is 2.09 bits per heavy atom. The molecule has 3 N–H and O–H groups in total. The van der Waals surface area contributed by atoms with E-state index in [1.807, 2.05) is 0 Å². The lowest BCUT2D eigenvalue weighted by molar-refractivity contribution is -0.122. The Labute approximate surface area is 135 Å². The zero-order valence-electron chi connectivity index (χ0n) is 12.7. The Morgan fingerprint density at radius 1 is 1.36 bits per heavy atom. The van der Waals surface area contributed by atoms with Crippen molar-refractivity contribution in [1.82, 2.24) is 16.0 Å². The molecular weight excluding hydrogens is 302 g/mol. The number of halogens is 1. The monoisotopic (exact) mass is 323 g/mol. The molecule has 0 saturated carbocycles. The van der Waals surface area contributed by atoms with E-state index in [2.05, 4.69) is 16.0 Å². The summed E-state index contributed by atoms with van der Waals surface area (Å²) < 4.78 is 0. The molecule has 0 radical (unpaired) electrons. The lowest BCUT2D eigenvalue weighted by Crippen LogP contribution is -2.45. The fourth-order valence-electron chi connectivity index (χ4n) is 2.46. The molecule has 22 heavy (non-hydrogen) atoms. The van der Waals surface area contributed by atoms with Crippen LogP contribution in [0.3, 0.4) is 0 Å². The zero-order chi connectivity index (χ0) is 15.9. The smallest absolute Gasteiger partial charge is 0.251 e. The summed E-state index contributed by atoms with van der Waals surface area (Å²) in [4.78, 5) is 24.0. The highest BCUT2D eigenvalue weighted by atomic mass is 35.5. The molecule has 2 rings (SSSR count). The van der Waals surface area contributed by atoms with Crippen molar-refractivity contribution in [2.45, 2.75) is 25.8 Å². The van der Waals surface area contributed by atoms with Gasteiger partial charge >= 0.3 is 0 Å². The van der Waals surface area contributed by atoms with Gasteiger partial charge in [-0.2, -0.15) is 0 Å². The number of nitrogens with one attached hydrogen (secondary N) is 3. The summed E-state index contributed by atoms with van der Waals surface area (Å²) in [5.74, 6) is 0.201. The summed E-state index contributed by atoms with van der Waals surface area (Å²) in [6.45, 7) is 4.41. The number of hydrogen-bond donors (Lipinski definition) is 3. The Balaban J connectivity index is 1.73. The van der Waals surface area contributed by atoms with E-state index in [1.54, 1.807) is 31.2 Å². The van der Waals surface area contributed by atoms with E-state index in [9.17, 15) is 9.59 Å². The average molecular weight is 324 g/mol. The van der Waals surface area contributed by atoms with Gasteiger partial charge in [0, 0.05) is 17.1 Å². The highest BCUT2D eigenvalue weighted by molar-refractivity contribution is 6.30. The molecule has 0 aromatic heterocycles. The molecule has 1 aliphatic heterocycles. The van der Waals surface area contributed by atoms with E-state index in [-0.39, 0.29) is 11.8 Å². The summed E-state index contributed by atoms with van der Waals surface area (Å²) in [6.07, 6.45) is 2.13. The second-order valence-electron chi connectivity index (χ2n) is 5.64. The van der Waals surface area contributed by atoms with E-state index in [0.717, 1.165) is 19.5 Å². The molecule has 1 aliphatic rings. The minimum Gasteiger partial charge on any atom is -0.354 e. The van der Waals surface area contributed by atoms with Crippen LogP contribution in [0.1, 0.15) is 30.1 Å². The predicted molar refractivity (Wildman–Crippen MR) is 87.0 cm³/mol. The molecule has 5 nitrogen and oxygen atoms in total. The fraction of sp³-hybridized carbons (Fsp3) is 0.500. The zero-order valence-corrected chi connectivity index (χ0v) is 13.5. The first kappa shape index (κ1) is 16.8. The molecule has 120 valence electrons. The first-order valence-electron chi connectivity index (χ1n) is 7.61. The Kier molecular flexibility index (Phi) is 6.21. The van der Waals surface area contributed by atoms with Crippen LogP contribution in [0.5, 0.6) is 0 Å². The minimum absolute atomic E-state index is 0.159. The number of carbonyl (C=O) groups excluding carboxylic acids is 2. The van der Waals surface area contributed by atoms with Gasteiger partial charge in [-0.1, -0.05) is 11.6 Å². The van der Waals surface area contributed by atoms with Gasteiger partial charge in [-0.15, -0.1) is 0 Å². The van der Waals surface area contributed by atoms with Crippen LogP contribution < -0.4 is 16.0 Å². The van der Waals surface area contributed by atoms with Crippen LogP contribution in [0.2, 0.25) is 5.02 Å². The molecule has 1 aromatic rings. The molecular formula is C16H22ClN3O2. The molecule has 2 unspecified atom stereocenters. The van der Waals surface area contributed by atoms with Gasteiger partial charge < -0.3 is 16.0 Å². The van der Waals surface area contributed by atoms with E-state index >= 15 is 0 Å². The van der Waals surface area contributed by atoms with Gasteiger partial charge in [0.05, 0.1) is 0 Å². The molecule has 1 fully saturated rings. The Hall–Kier alpha value is -1.59. The van der Waals surface area contributed by atoms with E-state index < -0.39 is 6.04 Å². The summed E-state index contributed by atoms with van der Waals surface area (Å²) in [6, 6.07) is 6.00. The van der Waals surface area contributed by atoms with E-state index in [1.165, 1.54) is 6.42 Å². The summed E-state index contributed by atoms with van der Waals surface area (Å²) in [7, 11) is 0. The van der Waals surface area contributed by atoms with Crippen molar-refractivity contribution < 1.29 is 9.59 Å². The van der Waals surface area contributed by atoms with Gasteiger partial charge in [0.15, 0.2) is 0 Å². The normalized spacial score (nSPS) is 18.7. The summed E-state index contributed by atoms with van der Waals surface area (Å²) in [5, 5.41) is 9.44. The van der Waals surface area contributed by atoms with Crippen LogP contribution in [0.4, 0.5) is 0 Å². The third-order valence-electron chi connectivity index (χ3n) is 3.86. The third-order valence-corrected chi connectivity index (χ3v) is 4.11. The summed E-state index contributed by atoms with van der Waals surface area (Å²) >= 11 is 5.78. The maximum Gasteiger partial charge on any atom is 0.251 e. The van der Waals surface area contributed by atoms with Gasteiger partial charge in [0.1, 0.15) is 6.04 Å². The molecule has 0 spiro atoms. The maximum absolute atomic E-state index is 12.0. The van der Waals surface area contributed by atoms with Crippen LogP contribution in [0.25, 0.3) is 0 Å². The van der Waals surface area contributed by atoms with Crippen molar-refractivity contribution in [2.75, 3.05) is 19.6 Å². The molecule has 2 amide bonds. The van der Waals surface area contributed by atoms with Gasteiger partial charge in [-0.3, -0.25) is 9.59 Å². The third kappa shape index (κ3) is 5.00. The predicted octanol–water partition coefficient (Wildman–Crippen LogP) is 1.57. The number of rotatable bonds is 6. The molecule has 1 saturated heterocycles. The fourth-order valence-corrected chi connectivity index (χ4v) is 2.59. The Bertz CT molecular complexity index is 513. The van der Waals surface area contributed by atoms with Crippen LogP contribution in [0.15, 0.2) is 24.3 Å². The van der Waals surface area contributed by atoms with Gasteiger partial charge in [-0.25, -0.2) is 0 Å². The second kappa shape index (κ2) is 8.15. The van der Waals surface area contributed by atoms with Gasteiger partial charge in [-0.05, 0) is 63.0 Å². The highest BCUT2D eigenvalue weighted by Gasteiger charge is 2.18. The lowest BCUT2D eigenvalue weighted by atomic mass is 10.1. The molecule has 1 aromatic carbocycles. The highest BCUT2D eigenvalue weighted by Crippen LogP contribution is 2.11. The standard InChI is InChI=1S/C16H22ClN3O2/c1-11(15(21)19-9-7-12-6-8-18-10-12)20-16(22)13-2-4-14(17)5-3-13/h2-5,11-12,18H,6-10H2,1H3,(H,19,21)(H,20,22). The molecule has 0 bridgehead atoms. The minimum atomic E-state index is -0.565. The Morgan fingerprint density at radius 3 is 2.73 bits per heavy atom. The number of carbonyl (C=O) groups is 2. The number of amides is 2. The van der Waals surface area contributed by atoms with Crippen molar-refractivity contribution in [2.24, 2.45) is 5.92 Å². The first-order valence-corrected chi connectivity index (χ1v) is 7.99. The molecule has 2 atom stereocenters. The van der Waals surface area contributed by atoms with Crippen LogP contribution in [0, 0.1) is 5.92 Å². The van der Waals surface area contributed by atoms with Crippen molar-refractivity contribution in [3.8, 4) is 0 Å². The molecule has 0 aliphatic carbocycles. The van der Waals surface area contributed by atoms with Gasteiger partial charge in [0.25, 0.3) is 5.91 Å². The van der Waals surface area contributed by atoms with Crippen LogP contribution in [-0.2, 0) is 4.79 Å². The van der Waals surface area contributed by atoms with Crippen molar-refractivity contribution in [3.63, 3.8) is 0 Å². The van der Waals surface area contributed by atoms with E-state index in [4.69, 9.17) is 11.6 Å². The topological polar surface area (TPSA) is 70.2 Å². The quantitative estimate of drug-likeness (QED) is 0.744. The second-order valence-corrected chi connectivity index (χ2v) is 6.08. The first-order chi connectivity index (χ1) is 10.6. The largest absolute Gasteiger partial charge is 0.354 e. The summed E-state index contributed by atoms with van der Waals surface area (Å²) in [5.41, 5.74) is 0.487. The number of benzene rings is 1. The van der Waals surface area contributed by atoms with Crippen LogP contribution in [-0.4, -0.2) is 37.5 Å².